The zero-order chi connectivity index (χ0) is 13.6. The van der Waals surface area contributed by atoms with E-state index in [1.807, 2.05) is 18.2 Å². The van der Waals surface area contributed by atoms with Crippen molar-refractivity contribution in [3.05, 3.63) is 42.5 Å². The average molecular weight is 247 g/mol. The molecule has 1 N–H and O–H groups in total. The molecule has 0 fully saturated rings. The molecule has 1 aromatic rings. The molecule has 0 saturated carbocycles. The molecule has 0 radical (unpaired) electrons. The molecule has 0 aromatic heterocycles. The lowest BCUT2D eigenvalue weighted by molar-refractivity contribution is 0.282. The van der Waals surface area contributed by atoms with Gasteiger partial charge in [-0.2, -0.15) is 0 Å². The Morgan fingerprint density at radius 2 is 2.00 bits per heavy atom. The van der Waals surface area contributed by atoms with Crippen molar-refractivity contribution in [3.63, 3.8) is 0 Å². The van der Waals surface area contributed by atoms with Crippen LogP contribution >= 0.6 is 0 Å². The Kier molecular flexibility index (Phi) is 5.42. The minimum Gasteiger partial charge on any atom is -0.489 e. The number of hydrogen-bond donors (Lipinski definition) is 1. The van der Waals surface area contributed by atoms with Crippen molar-refractivity contribution in [2.45, 2.75) is 40.3 Å². The van der Waals surface area contributed by atoms with Crippen LogP contribution in [-0.4, -0.2) is 12.6 Å². The van der Waals surface area contributed by atoms with Crippen molar-refractivity contribution in [3.8, 4) is 5.75 Å². The van der Waals surface area contributed by atoms with Crippen LogP contribution in [0.1, 0.15) is 33.3 Å². The second-order valence-corrected chi connectivity index (χ2v) is 5.68. The average Bonchev–Trinajstić information content (AvgIpc) is 2.33. The summed E-state index contributed by atoms with van der Waals surface area (Å²) in [6.45, 7) is 14.0. The third-order valence-electron chi connectivity index (χ3n) is 3.23. The van der Waals surface area contributed by atoms with Crippen molar-refractivity contribution in [1.82, 2.24) is 5.32 Å². The highest BCUT2D eigenvalue weighted by molar-refractivity contribution is 5.33. The quantitative estimate of drug-likeness (QED) is 0.773. The summed E-state index contributed by atoms with van der Waals surface area (Å²) in [4.78, 5) is 0. The van der Waals surface area contributed by atoms with Crippen molar-refractivity contribution in [1.29, 1.82) is 0 Å². The van der Waals surface area contributed by atoms with Crippen molar-refractivity contribution in [2.75, 3.05) is 6.61 Å². The standard InChI is InChI=1S/C16H25NO/c1-6-11-18-15-10-8-7-9-14(15)12-17-13(2)16(3,4)5/h6-10,13,17H,1,11-12H2,2-5H3. The number of benzene rings is 1. The number of para-hydroxylation sites is 1. The van der Waals surface area contributed by atoms with Gasteiger partial charge < -0.3 is 10.1 Å². The smallest absolute Gasteiger partial charge is 0.124 e. The molecule has 0 amide bonds. The normalized spacial score (nSPS) is 13.1. The fourth-order valence-corrected chi connectivity index (χ4v) is 1.51. The minimum absolute atomic E-state index is 0.261. The van der Waals surface area contributed by atoms with E-state index in [0.717, 1.165) is 12.3 Å². The Balaban J connectivity index is 2.64. The van der Waals surface area contributed by atoms with Gasteiger partial charge in [0.25, 0.3) is 0 Å². The van der Waals surface area contributed by atoms with E-state index in [0.29, 0.717) is 12.6 Å². The van der Waals surface area contributed by atoms with Crippen LogP contribution in [0.15, 0.2) is 36.9 Å². The third-order valence-corrected chi connectivity index (χ3v) is 3.23. The highest BCUT2D eigenvalue weighted by Crippen LogP contribution is 2.21. The molecular formula is C16H25NO. The van der Waals surface area contributed by atoms with Gasteiger partial charge in [0.05, 0.1) is 0 Å². The Morgan fingerprint density at radius 3 is 2.61 bits per heavy atom. The molecule has 0 aliphatic heterocycles. The second-order valence-electron chi connectivity index (χ2n) is 5.68. The number of rotatable bonds is 6. The first-order chi connectivity index (χ1) is 8.45. The highest BCUT2D eigenvalue weighted by Gasteiger charge is 2.19. The van der Waals surface area contributed by atoms with Gasteiger partial charge in [0.2, 0.25) is 0 Å². The maximum absolute atomic E-state index is 5.65. The van der Waals surface area contributed by atoms with Crippen LogP contribution in [0.25, 0.3) is 0 Å². The summed E-state index contributed by atoms with van der Waals surface area (Å²) in [6.07, 6.45) is 1.77. The fourth-order valence-electron chi connectivity index (χ4n) is 1.51. The fraction of sp³-hybridized carbons (Fsp3) is 0.500. The SMILES string of the molecule is C=CCOc1ccccc1CNC(C)C(C)(C)C. The van der Waals surface area contributed by atoms with Gasteiger partial charge in [-0.25, -0.2) is 0 Å². The summed E-state index contributed by atoms with van der Waals surface area (Å²) in [5, 5.41) is 3.55. The summed E-state index contributed by atoms with van der Waals surface area (Å²) < 4.78 is 5.65. The van der Waals surface area contributed by atoms with Crippen LogP contribution < -0.4 is 10.1 Å². The van der Waals surface area contributed by atoms with Gasteiger partial charge in [-0.15, -0.1) is 0 Å². The van der Waals surface area contributed by atoms with E-state index in [1.54, 1.807) is 6.08 Å². The van der Waals surface area contributed by atoms with Gasteiger partial charge in [0, 0.05) is 18.2 Å². The minimum atomic E-state index is 0.261. The number of hydrogen-bond acceptors (Lipinski definition) is 2. The van der Waals surface area contributed by atoms with Crippen LogP contribution in [0.3, 0.4) is 0 Å². The van der Waals surface area contributed by atoms with Gasteiger partial charge in [-0.1, -0.05) is 51.6 Å². The summed E-state index contributed by atoms with van der Waals surface area (Å²) in [5.41, 5.74) is 1.45. The van der Waals surface area contributed by atoms with Crippen molar-refractivity contribution >= 4 is 0 Å². The highest BCUT2D eigenvalue weighted by atomic mass is 16.5. The molecule has 2 nitrogen and oxygen atoms in total. The van der Waals surface area contributed by atoms with E-state index >= 15 is 0 Å². The Morgan fingerprint density at radius 1 is 1.33 bits per heavy atom. The molecule has 1 rings (SSSR count). The lowest BCUT2D eigenvalue weighted by atomic mass is 9.88. The summed E-state index contributed by atoms with van der Waals surface area (Å²) in [7, 11) is 0. The predicted molar refractivity (Wildman–Crippen MR) is 77.9 cm³/mol. The van der Waals surface area contributed by atoms with Crippen LogP contribution in [0.4, 0.5) is 0 Å². The first-order valence-corrected chi connectivity index (χ1v) is 6.50. The van der Waals surface area contributed by atoms with Crippen molar-refractivity contribution < 1.29 is 4.74 Å². The Labute approximate surface area is 111 Å². The molecule has 0 aliphatic carbocycles. The van der Waals surface area contributed by atoms with Crippen molar-refractivity contribution in [2.24, 2.45) is 5.41 Å². The van der Waals surface area contributed by atoms with Gasteiger partial charge in [0.1, 0.15) is 12.4 Å². The summed E-state index contributed by atoms with van der Waals surface area (Å²) in [6, 6.07) is 8.59. The third kappa shape index (κ3) is 4.53. The zero-order valence-corrected chi connectivity index (χ0v) is 12.0. The van der Waals surface area contributed by atoms with Crippen LogP contribution in [0, 0.1) is 5.41 Å². The van der Waals surface area contributed by atoms with E-state index in [4.69, 9.17) is 4.74 Å². The van der Waals surface area contributed by atoms with E-state index < -0.39 is 0 Å². The Bertz CT molecular complexity index is 379. The topological polar surface area (TPSA) is 21.3 Å². The summed E-state index contributed by atoms with van der Waals surface area (Å²) in [5.74, 6) is 0.936. The molecule has 1 unspecified atom stereocenters. The molecule has 100 valence electrons. The van der Waals surface area contributed by atoms with E-state index in [2.05, 4.69) is 45.7 Å². The second kappa shape index (κ2) is 6.60. The molecular weight excluding hydrogens is 222 g/mol. The van der Waals surface area contributed by atoms with Gasteiger partial charge >= 0.3 is 0 Å². The van der Waals surface area contributed by atoms with Gasteiger partial charge in [-0.3, -0.25) is 0 Å². The molecule has 0 aliphatic rings. The first kappa shape index (κ1) is 14.8. The number of nitrogens with one attached hydrogen (secondary N) is 1. The zero-order valence-electron chi connectivity index (χ0n) is 12.0. The van der Waals surface area contributed by atoms with Gasteiger partial charge in [-0.05, 0) is 18.4 Å². The van der Waals surface area contributed by atoms with Crippen LogP contribution in [-0.2, 0) is 6.54 Å². The molecule has 18 heavy (non-hydrogen) atoms. The lowest BCUT2D eigenvalue weighted by Crippen LogP contribution is -2.37. The maximum atomic E-state index is 5.65. The molecule has 1 atom stereocenters. The molecule has 0 heterocycles. The largest absolute Gasteiger partial charge is 0.489 e. The molecule has 2 heteroatoms. The molecule has 1 aromatic carbocycles. The van der Waals surface area contributed by atoms with E-state index in [9.17, 15) is 0 Å². The number of ether oxygens (including phenoxy) is 1. The lowest BCUT2D eigenvalue weighted by Gasteiger charge is -2.28. The predicted octanol–water partition coefficient (Wildman–Crippen LogP) is 3.78. The summed E-state index contributed by atoms with van der Waals surface area (Å²) >= 11 is 0. The van der Waals surface area contributed by atoms with E-state index in [1.165, 1.54) is 5.56 Å². The van der Waals surface area contributed by atoms with Gasteiger partial charge in [0.15, 0.2) is 0 Å². The van der Waals surface area contributed by atoms with Crippen LogP contribution in [0.2, 0.25) is 0 Å². The first-order valence-electron chi connectivity index (χ1n) is 6.50. The molecule has 0 saturated heterocycles. The molecule has 0 spiro atoms. The van der Waals surface area contributed by atoms with E-state index in [-0.39, 0.29) is 5.41 Å². The maximum Gasteiger partial charge on any atom is 0.124 e. The van der Waals surface area contributed by atoms with Crippen LogP contribution in [0.5, 0.6) is 5.75 Å². The monoisotopic (exact) mass is 247 g/mol. The molecule has 0 bridgehead atoms. The Hall–Kier alpha value is -1.28.